The average Bonchev–Trinajstić information content (AvgIpc) is 2.83. The zero-order valence-electron chi connectivity index (χ0n) is 18.8. The molecule has 28 heavy (non-hydrogen) atoms. The summed E-state index contributed by atoms with van der Waals surface area (Å²) in [5, 5.41) is 22.1. The van der Waals surface area contributed by atoms with E-state index in [1.807, 2.05) is 6.92 Å². The Kier molecular flexibility index (Phi) is 7.88. The number of ether oxygens (including phenoxy) is 3. The first-order valence-corrected chi connectivity index (χ1v) is 9.51. The highest BCUT2D eigenvalue weighted by Crippen LogP contribution is 2.36. The Morgan fingerprint density at radius 2 is 1.82 bits per heavy atom. The number of hydrogen-bond donors (Lipinski definition) is 2. The van der Waals surface area contributed by atoms with Crippen molar-refractivity contribution in [2.45, 2.75) is 90.9 Å². The second-order valence-electron chi connectivity index (χ2n) is 9.21. The number of aliphatic hydroxyl groups is 2. The van der Waals surface area contributed by atoms with E-state index in [-0.39, 0.29) is 6.61 Å². The van der Waals surface area contributed by atoms with Crippen molar-refractivity contribution in [3.05, 3.63) is 0 Å². The molecule has 0 spiro atoms. The topological polar surface area (TPSA) is 101 Å². The minimum absolute atomic E-state index is 0.239. The van der Waals surface area contributed by atoms with Crippen molar-refractivity contribution >= 4 is 6.09 Å². The molecule has 4 unspecified atom stereocenters. The molecule has 0 aromatic carbocycles. The van der Waals surface area contributed by atoms with E-state index in [2.05, 4.69) is 0 Å². The van der Waals surface area contributed by atoms with Crippen LogP contribution in [0.25, 0.3) is 0 Å². The summed E-state index contributed by atoms with van der Waals surface area (Å²) in [6.07, 6.45) is -2.57. The van der Waals surface area contributed by atoms with E-state index in [4.69, 9.17) is 19.0 Å². The lowest BCUT2D eigenvalue weighted by molar-refractivity contribution is -0.297. The zero-order valence-corrected chi connectivity index (χ0v) is 18.8. The van der Waals surface area contributed by atoms with Crippen LogP contribution in [0.5, 0.6) is 0 Å². The number of hydrogen-bond acceptors (Lipinski definition) is 8. The molecule has 166 valence electrons. The molecule has 9 heteroatoms. The van der Waals surface area contributed by atoms with Gasteiger partial charge in [0.15, 0.2) is 12.0 Å². The van der Waals surface area contributed by atoms with Gasteiger partial charge >= 0.3 is 6.09 Å². The first-order chi connectivity index (χ1) is 12.5. The summed E-state index contributed by atoms with van der Waals surface area (Å²) in [5.74, 6) is -1.92. The molecule has 1 aliphatic rings. The van der Waals surface area contributed by atoms with Crippen molar-refractivity contribution in [1.82, 2.24) is 9.96 Å². The first-order valence-electron chi connectivity index (χ1n) is 9.51. The van der Waals surface area contributed by atoms with Crippen LogP contribution >= 0.6 is 0 Å². The van der Waals surface area contributed by atoms with Crippen LogP contribution in [0.1, 0.15) is 55.4 Å². The second kappa shape index (κ2) is 8.81. The van der Waals surface area contributed by atoms with Crippen LogP contribution in [-0.2, 0) is 19.0 Å². The maximum Gasteiger partial charge on any atom is 0.412 e. The molecule has 0 saturated carbocycles. The summed E-state index contributed by atoms with van der Waals surface area (Å²) < 4.78 is 17.2. The molecule has 2 N–H and O–H groups in total. The summed E-state index contributed by atoms with van der Waals surface area (Å²) in [6, 6.07) is -0.447. The molecule has 0 aromatic heterocycles. The molecular weight excluding hydrogens is 368 g/mol. The number of carbonyl (C=O) groups is 1. The summed E-state index contributed by atoms with van der Waals surface area (Å²) >= 11 is 0. The van der Waals surface area contributed by atoms with E-state index in [0.717, 1.165) is 0 Å². The molecule has 9 nitrogen and oxygen atoms in total. The summed E-state index contributed by atoms with van der Waals surface area (Å²) in [4.78, 5) is 19.5. The van der Waals surface area contributed by atoms with Crippen LogP contribution in [0.15, 0.2) is 0 Å². The van der Waals surface area contributed by atoms with E-state index >= 15 is 0 Å². The van der Waals surface area contributed by atoms with Crippen molar-refractivity contribution in [2.75, 3.05) is 20.8 Å². The predicted octanol–water partition coefficient (Wildman–Crippen LogP) is 1.92. The highest BCUT2D eigenvalue weighted by atomic mass is 16.7. The fourth-order valence-corrected chi connectivity index (χ4v) is 3.19. The van der Waals surface area contributed by atoms with Gasteiger partial charge in [0.05, 0.1) is 19.8 Å². The van der Waals surface area contributed by atoms with Gasteiger partial charge in [0.2, 0.25) is 0 Å². The van der Waals surface area contributed by atoms with Gasteiger partial charge in [0.25, 0.3) is 0 Å². The van der Waals surface area contributed by atoms with Gasteiger partial charge in [-0.15, -0.1) is 0 Å². The highest BCUT2D eigenvalue weighted by molar-refractivity contribution is 5.69. The third kappa shape index (κ3) is 6.53. The lowest BCUT2D eigenvalue weighted by Crippen LogP contribution is -2.57. The lowest BCUT2D eigenvalue weighted by atomic mass is 9.93. The fraction of sp³-hybridized carbons (Fsp3) is 0.947. The Bertz CT molecular complexity index is 527. The van der Waals surface area contributed by atoms with Gasteiger partial charge in [-0.25, -0.2) is 4.79 Å². The number of aliphatic hydroxyl groups excluding tert-OH is 1. The van der Waals surface area contributed by atoms with Gasteiger partial charge in [-0.05, 0) is 48.5 Å². The Morgan fingerprint density at radius 1 is 1.29 bits per heavy atom. The third-order valence-corrected chi connectivity index (χ3v) is 4.61. The van der Waals surface area contributed by atoms with Crippen LogP contribution in [0.4, 0.5) is 4.79 Å². The quantitative estimate of drug-likeness (QED) is 0.489. The van der Waals surface area contributed by atoms with Gasteiger partial charge in [-0.3, -0.25) is 9.74 Å². The third-order valence-electron chi connectivity index (χ3n) is 4.61. The number of nitrogens with zero attached hydrogens (tertiary/aromatic N) is 2. The van der Waals surface area contributed by atoms with E-state index < -0.39 is 47.5 Å². The highest BCUT2D eigenvalue weighted by Gasteiger charge is 2.51. The molecule has 1 rings (SSSR count). The number of likely N-dealkylation sites (N-methyl/N-ethyl adjacent to an activating group) is 1. The number of hydroxylamine groups is 2. The maximum atomic E-state index is 12.9. The standard InChI is InChI=1S/C19H38N2O7/c1-12(14(27-19(7,8)24)15(22)20(9)25-10)13-11-26-18(5,6)21(13)16(23)28-17(2,3)4/h12-15,22,24H,11H2,1-10H3. The molecule has 1 saturated heterocycles. The summed E-state index contributed by atoms with van der Waals surface area (Å²) in [5.41, 5.74) is -1.55. The summed E-state index contributed by atoms with van der Waals surface area (Å²) in [7, 11) is 2.97. The molecule has 4 atom stereocenters. The van der Waals surface area contributed by atoms with E-state index in [0.29, 0.717) is 0 Å². The Balaban J connectivity index is 3.20. The largest absolute Gasteiger partial charge is 0.444 e. The normalized spacial score (nSPS) is 23.6. The molecule has 1 amide bonds. The molecule has 1 heterocycles. The Morgan fingerprint density at radius 3 is 2.25 bits per heavy atom. The first kappa shape index (κ1) is 25.1. The van der Waals surface area contributed by atoms with E-state index in [9.17, 15) is 15.0 Å². The summed E-state index contributed by atoms with van der Waals surface area (Å²) in [6.45, 7) is 14.0. The number of rotatable bonds is 7. The average molecular weight is 407 g/mol. The second-order valence-corrected chi connectivity index (χ2v) is 9.21. The SMILES string of the molecule is CON(C)C(O)C(OC(C)(C)O)C(C)C1COC(C)(C)N1C(=O)OC(C)(C)C. The van der Waals surface area contributed by atoms with Crippen LogP contribution in [0, 0.1) is 5.92 Å². The molecular formula is C19H38N2O7. The van der Waals surface area contributed by atoms with Gasteiger partial charge in [-0.1, -0.05) is 6.92 Å². The van der Waals surface area contributed by atoms with Crippen molar-refractivity contribution in [3.63, 3.8) is 0 Å². The molecule has 1 fully saturated rings. The Labute approximate surface area is 168 Å². The maximum absolute atomic E-state index is 12.9. The molecule has 0 aromatic rings. The van der Waals surface area contributed by atoms with Crippen molar-refractivity contribution in [2.24, 2.45) is 5.92 Å². The molecule has 1 aliphatic heterocycles. The van der Waals surface area contributed by atoms with Crippen LogP contribution < -0.4 is 0 Å². The van der Waals surface area contributed by atoms with Crippen molar-refractivity contribution < 1.29 is 34.1 Å². The smallest absolute Gasteiger partial charge is 0.412 e. The van der Waals surface area contributed by atoms with Gasteiger partial charge < -0.3 is 24.4 Å². The predicted molar refractivity (Wildman–Crippen MR) is 103 cm³/mol. The number of amides is 1. The molecule has 0 radical (unpaired) electrons. The zero-order chi connectivity index (χ0) is 22.1. The van der Waals surface area contributed by atoms with Crippen molar-refractivity contribution in [3.8, 4) is 0 Å². The van der Waals surface area contributed by atoms with Gasteiger partial charge in [-0.2, -0.15) is 5.06 Å². The fourth-order valence-electron chi connectivity index (χ4n) is 3.19. The van der Waals surface area contributed by atoms with Crippen LogP contribution in [0.2, 0.25) is 0 Å². The van der Waals surface area contributed by atoms with Gasteiger partial charge in [0.1, 0.15) is 17.4 Å². The van der Waals surface area contributed by atoms with Crippen LogP contribution in [-0.4, -0.2) is 82.5 Å². The minimum atomic E-state index is -1.50. The minimum Gasteiger partial charge on any atom is -0.444 e. The molecule has 0 aliphatic carbocycles. The molecule has 0 bridgehead atoms. The Hall–Kier alpha value is -0.970. The van der Waals surface area contributed by atoms with E-state index in [1.54, 1.807) is 41.7 Å². The lowest BCUT2D eigenvalue weighted by Gasteiger charge is -2.42. The monoisotopic (exact) mass is 406 g/mol. The van der Waals surface area contributed by atoms with Crippen molar-refractivity contribution in [1.29, 1.82) is 0 Å². The van der Waals surface area contributed by atoms with E-state index in [1.165, 1.54) is 30.9 Å². The van der Waals surface area contributed by atoms with Crippen LogP contribution in [0.3, 0.4) is 0 Å². The van der Waals surface area contributed by atoms with Gasteiger partial charge in [0, 0.05) is 13.0 Å². The number of carbonyl (C=O) groups excluding carboxylic acids is 1.